The summed E-state index contributed by atoms with van der Waals surface area (Å²) >= 11 is 0. The number of hydrogen-bond donors (Lipinski definition) is 0. The molecule has 3 aromatic carbocycles. The predicted molar refractivity (Wildman–Crippen MR) is 122 cm³/mol. The van der Waals surface area contributed by atoms with Crippen LogP contribution in [0.1, 0.15) is 48.8 Å². The summed E-state index contributed by atoms with van der Waals surface area (Å²) in [6.07, 6.45) is 9.70. The van der Waals surface area contributed by atoms with Gasteiger partial charge in [0.2, 0.25) is 0 Å². The summed E-state index contributed by atoms with van der Waals surface area (Å²) in [5, 5.41) is 1.41. The molecule has 0 aromatic heterocycles. The molecule has 0 nitrogen and oxygen atoms in total. The van der Waals surface area contributed by atoms with E-state index in [1.165, 1.54) is 31.2 Å². The van der Waals surface area contributed by atoms with Crippen LogP contribution in [-0.2, 0) is 19.3 Å². The van der Waals surface area contributed by atoms with Crippen LogP contribution in [0, 0.1) is 35.1 Å². The Kier molecular flexibility index (Phi) is 6.98. The van der Waals surface area contributed by atoms with Crippen molar-refractivity contribution in [1.29, 1.82) is 0 Å². The zero-order valence-electron chi connectivity index (χ0n) is 18.1. The lowest BCUT2D eigenvalue weighted by molar-refractivity contribution is 0.296. The zero-order chi connectivity index (χ0) is 22.7. The van der Waals surface area contributed by atoms with Crippen LogP contribution in [0.15, 0.2) is 55.1 Å². The molecule has 1 aliphatic rings. The van der Waals surface area contributed by atoms with Crippen molar-refractivity contribution in [3.8, 4) is 0 Å². The minimum absolute atomic E-state index is 0.225. The first-order valence-electron chi connectivity index (χ1n) is 11.4. The van der Waals surface area contributed by atoms with E-state index in [1.54, 1.807) is 6.07 Å². The van der Waals surface area contributed by atoms with Gasteiger partial charge in [-0.2, -0.15) is 0 Å². The minimum atomic E-state index is -1.48. The third kappa shape index (κ3) is 5.06. The number of benzene rings is 3. The molecule has 32 heavy (non-hydrogen) atoms. The van der Waals surface area contributed by atoms with Gasteiger partial charge < -0.3 is 0 Å². The van der Waals surface area contributed by atoms with Crippen molar-refractivity contribution >= 4 is 10.8 Å². The Morgan fingerprint density at radius 1 is 0.750 bits per heavy atom. The Morgan fingerprint density at radius 2 is 1.47 bits per heavy atom. The minimum Gasteiger partial charge on any atom is -0.206 e. The maximum Gasteiger partial charge on any atom is 0.194 e. The molecule has 0 N–H and O–H groups in total. The van der Waals surface area contributed by atoms with Crippen molar-refractivity contribution in [3.05, 3.63) is 95.1 Å². The number of aryl methyl sites for hydroxylation is 3. The summed E-state index contributed by atoms with van der Waals surface area (Å²) in [6, 6.07) is 11.4. The monoisotopic (exact) mass is 440 g/mol. The Balaban J connectivity index is 1.41. The highest BCUT2D eigenvalue weighted by Gasteiger charge is 2.19. The maximum atomic E-state index is 15.1. The topological polar surface area (TPSA) is 0 Å². The van der Waals surface area contributed by atoms with E-state index in [4.69, 9.17) is 0 Å². The molecular weight excluding hydrogens is 412 g/mol. The molecule has 4 rings (SSSR count). The molecule has 0 bridgehead atoms. The number of fused-ring (bicyclic) bond motifs is 1. The lowest BCUT2D eigenvalue weighted by Gasteiger charge is -2.26. The van der Waals surface area contributed by atoms with Gasteiger partial charge >= 0.3 is 0 Å². The summed E-state index contributed by atoms with van der Waals surface area (Å²) in [6.45, 7) is 3.91. The van der Waals surface area contributed by atoms with Crippen LogP contribution < -0.4 is 0 Å². The molecule has 0 radical (unpaired) electrons. The molecule has 1 aliphatic carbocycles. The van der Waals surface area contributed by atoms with E-state index in [0.29, 0.717) is 22.4 Å². The highest BCUT2D eigenvalue weighted by molar-refractivity contribution is 5.84. The van der Waals surface area contributed by atoms with E-state index in [-0.39, 0.29) is 18.7 Å². The molecule has 0 unspecified atom stereocenters. The van der Waals surface area contributed by atoms with Crippen LogP contribution >= 0.6 is 0 Å². The SMILES string of the molecule is C=CC1CCC(CCc2ccc3c(F)c(CCc4cc(F)c(F)c(F)c4)ccc3c2)CC1. The number of halogens is 4. The largest absolute Gasteiger partial charge is 0.206 e. The molecule has 3 aromatic rings. The lowest BCUT2D eigenvalue weighted by Crippen LogP contribution is -2.13. The summed E-state index contributed by atoms with van der Waals surface area (Å²) in [7, 11) is 0. The van der Waals surface area contributed by atoms with Gasteiger partial charge in [-0.25, -0.2) is 17.6 Å². The predicted octanol–water partition coefficient (Wildman–Crippen LogP) is 8.11. The van der Waals surface area contributed by atoms with Crippen LogP contribution in [0.5, 0.6) is 0 Å². The molecule has 0 spiro atoms. The summed E-state index contributed by atoms with van der Waals surface area (Å²) in [5.74, 6) is -2.81. The average Bonchev–Trinajstić information content (AvgIpc) is 2.81. The van der Waals surface area contributed by atoms with Crippen molar-refractivity contribution < 1.29 is 17.6 Å². The van der Waals surface area contributed by atoms with Crippen LogP contribution in [0.2, 0.25) is 0 Å². The molecule has 168 valence electrons. The number of rotatable bonds is 7. The van der Waals surface area contributed by atoms with Gasteiger partial charge in [0.05, 0.1) is 0 Å². The van der Waals surface area contributed by atoms with Crippen molar-refractivity contribution in [3.63, 3.8) is 0 Å². The van der Waals surface area contributed by atoms with E-state index < -0.39 is 17.5 Å². The molecule has 4 heteroatoms. The first-order valence-corrected chi connectivity index (χ1v) is 11.4. The second kappa shape index (κ2) is 9.89. The summed E-state index contributed by atoms with van der Waals surface area (Å²) in [4.78, 5) is 0. The van der Waals surface area contributed by atoms with Crippen molar-refractivity contribution in [1.82, 2.24) is 0 Å². The fraction of sp³-hybridized carbons (Fsp3) is 0.357. The molecule has 0 aliphatic heterocycles. The van der Waals surface area contributed by atoms with E-state index in [9.17, 15) is 13.2 Å². The van der Waals surface area contributed by atoms with Gasteiger partial charge in [0.25, 0.3) is 0 Å². The van der Waals surface area contributed by atoms with E-state index in [1.807, 2.05) is 18.2 Å². The highest BCUT2D eigenvalue weighted by Crippen LogP contribution is 2.32. The van der Waals surface area contributed by atoms with Crippen LogP contribution in [0.25, 0.3) is 10.8 Å². The van der Waals surface area contributed by atoms with E-state index in [2.05, 4.69) is 18.7 Å². The Labute approximate surface area is 187 Å². The second-order valence-corrected chi connectivity index (χ2v) is 9.02. The van der Waals surface area contributed by atoms with Crippen molar-refractivity contribution in [2.45, 2.75) is 51.4 Å². The normalized spacial score (nSPS) is 18.8. The Morgan fingerprint density at radius 3 is 2.16 bits per heavy atom. The van der Waals surface area contributed by atoms with Crippen LogP contribution in [0.3, 0.4) is 0 Å². The molecular formula is C28H28F4. The molecule has 1 fully saturated rings. The number of allylic oxidation sites excluding steroid dienone is 1. The summed E-state index contributed by atoms with van der Waals surface area (Å²) < 4.78 is 55.0. The fourth-order valence-electron chi connectivity index (χ4n) is 4.85. The van der Waals surface area contributed by atoms with E-state index in [0.717, 1.165) is 36.3 Å². The molecule has 1 saturated carbocycles. The summed E-state index contributed by atoms with van der Waals surface area (Å²) in [5.41, 5.74) is 2.00. The molecule has 0 saturated heterocycles. The third-order valence-corrected chi connectivity index (χ3v) is 6.89. The molecule has 0 atom stereocenters. The van der Waals surface area contributed by atoms with Crippen molar-refractivity contribution in [2.24, 2.45) is 11.8 Å². The third-order valence-electron chi connectivity index (χ3n) is 6.89. The van der Waals surface area contributed by atoms with Gasteiger partial charge in [0, 0.05) is 5.39 Å². The maximum absolute atomic E-state index is 15.1. The van der Waals surface area contributed by atoms with Crippen molar-refractivity contribution in [2.75, 3.05) is 0 Å². The van der Waals surface area contributed by atoms with Gasteiger partial charge in [-0.15, -0.1) is 6.58 Å². The van der Waals surface area contributed by atoms with Crippen LogP contribution in [-0.4, -0.2) is 0 Å². The Bertz CT molecular complexity index is 1090. The number of hydrogen-bond acceptors (Lipinski definition) is 0. The highest BCUT2D eigenvalue weighted by atomic mass is 19.2. The van der Waals surface area contributed by atoms with Gasteiger partial charge in [0.1, 0.15) is 5.82 Å². The molecule has 0 amide bonds. The van der Waals surface area contributed by atoms with Gasteiger partial charge in [-0.1, -0.05) is 36.4 Å². The first-order chi connectivity index (χ1) is 15.4. The Hall–Kier alpha value is -2.62. The van der Waals surface area contributed by atoms with Gasteiger partial charge in [-0.05, 0) is 97.4 Å². The van der Waals surface area contributed by atoms with E-state index >= 15 is 4.39 Å². The fourth-order valence-corrected chi connectivity index (χ4v) is 4.85. The second-order valence-electron chi connectivity index (χ2n) is 9.02. The first kappa shape index (κ1) is 22.6. The molecule has 0 heterocycles. The quantitative estimate of drug-likeness (QED) is 0.198. The van der Waals surface area contributed by atoms with Crippen LogP contribution in [0.4, 0.5) is 17.6 Å². The standard InChI is InChI=1S/C28H28F4/c1-2-18-3-5-19(6-4-18)7-8-20-10-14-24-23(15-20)13-12-22(27(24)31)11-9-21-16-25(29)28(32)26(30)17-21/h2,10,12-19H,1,3-9,11H2. The van der Waals surface area contributed by atoms with Gasteiger partial charge in [0.15, 0.2) is 17.5 Å². The zero-order valence-corrected chi connectivity index (χ0v) is 18.1. The lowest BCUT2D eigenvalue weighted by atomic mass is 9.79. The van der Waals surface area contributed by atoms with Gasteiger partial charge in [-0.3, -0.25) is 0 Å². The average molecular weight is 441 g/mol. The smallest absolute Gasteiger partial charge is 0.194 e.